The van der Waals surface area contributed by atoms with E-state index < -0.39 is 0 Å². The van der Waals surface area contributed by atoms with Gasteiger partial charge in [0, 0.05) is 5.56 Å². The van der Waals surface area contributed by atoms with Crippen LogP contribution in [0.25, 0.3) is 16.9 Å². The predicted molar refractivity (Wildman–Crippen MR) is 73.8 cm³/mol. The molecule has 0 aliphatic carbocycles. The molecule has 2 heterocycles. The summed E-state index contributed by atoms with van der Waals surface area (Å²) >= 11 is 0. The number of benzene rings is 1. The fraction of sp³-hybridized carbons (Fsp3) is 0.200. The van der Waals surface area contributed by atoms with Crippen LogP contribution in [0.1, 0.15) is 16.8 Å². The molecule has 0 saturated heterocycles. The predicted octanol–water partition coefficient (Wildman–Crippen LogP) is 2.51. The fourth-order valence-electron chi connectivity index (χ4n) is 2.18. The molecule has 0 fully saturated rings. The molecule has 0 saturated carbocycles. The van der Waals surface area contributed by atoms with Crippen LogP contribution in [0.3, 0.4) is 0 Å². The number of aryl methyl sites for hydroxylation is 2. The zero-order valence-corrected chi connectivity index (χ0v) is 11.0. The SMILES string of the molecule is Cc1ccc(C)c(-c2ccc3ncc(CO)n3n2)c1. The topological polar surface area (TPSA) is 50.4 Å². The van der Waals surface area contributed by atoms with E-state index in [0.717, 1.165) is 16.9 Å². The highest BCUT2D eigenvalue weighted by molar-refractivity contribution is 5.65. The summed E-state index contributed by atoms with van der Waals surface area (Å²) in [4.78, 5) is 4.20. The van der Waals surface area contributed by atoms with Gasteiger partial charge in [0.15, 0.2) is 5.65 Å². The molecule has 0 radical (unpaired) electrons. The number of hydrogen-bond acceptors (Lipinski definition) is 3. The summed E-state index contributed by atoms with van der Waals surface area (Å²) < 4.78 is 1.69. The highest BCUT2D eigenvalue weighted by Gasteiger charge is 2.08. The number of aliphatic hydroxyl groups is 1. The second-order valence-corrected chi connectivity index (χ2v) is 4.71. The summed E-state index contributed by atoms with van der Waals surface area (Å²) in [6.07, 6.45) is 1.65. The normalized spacial score (nSPS) is 11.1. The van der Waals surface area contributed by atoms with Crippen LogP contribution in [-0.4, -0.2) is 19.7 Å². The zero-order chi connectivity index (χ0) is 13.4. The third-order valence-corrected chi connectivity index (χ3v) is 3.26. The Morgan fingerprint density at radius 2 is 2.00 bits per heavy atom. The van der Waals surface area contributed by atoms with Crippen LogP contribution in [0.2, 0.25) is 0 Å². The van der Waals surface area contributed by atoms with Crippen molar-refractivity contribution in [2.45, 2.75) is 20.5 Å². The smallest absolute Gasteiger partial charge is 0.153 e. The van der Waals surface area contributed by atoms with E-state index in [4.69, 9.17) is 0 Å². The number of imidazole rings is 1. The summed E-state index contributed by atoms with van der Waals surface area (Å²) in [6, 6.07) is 10.2. The molecular formula is C15H15N3O. The van der Waals surface area contributed by atoms with E-state index in [1.807, 2.05) is 12.1 Å². The van der Waals surface area contributed by atoms with Crippen molar-refractivity contribution in [3.8, 4) is 11.3 Å². The molecule has 3 rings (SSSR count). The van der Waals surface area contributed by atoms with Crippen LogP contribution in [-0.2, 0) is 6.61 Å². The maximum absolute atomic E-state index is 9.28. The van der Waals surface area contributed by atoms with E-state index in [2.05, 4.69) is 42.1 Å². The van der Waals surface area contributed by atoms with E-state index in [1.54, 1.807) is 10.7 Å². The summed E-state index contributed by atoms with van der Waals surface area (Å²) in [7, 11) is 0. The highest BCUT2D eigenvalue weighted by atomic mass is 16.3. The van der Waals surface area contributed by atoms with Crippen LogP contribution in [0.15, 0.2) is 36.5 Å². The molecule has 96 valence electrons. The van der Waals surface area contributed by atoms with Gasteiger partial charge in [-0.25, -0.2) is 9.50 Å². The molecule has 0 unspecified atom stereocenters. The van der Waals surface area contributed by atoms with Crippen molar-refractivity contribution in [2.75, 3.05) is 0 Å². The second-order valence-electron chi connectivity index (χ2n) is 4.71. The van der Waals surface area contributed by atoms with Crippen molar-refractivity contribution >= 4 is 5.65 Å². The van der Waals surface area contributed by atoms with Crippen molar-refractivity contribution in [2.24, 2.45) is 0 Å². The van der Waals surface area contributed by atoms with Gasteiger partial charge in [-0.2, -0.15) is 5.10 Å². The largest absolute Gasteiger partial charge is 0.390 e. The van der Waals surface area contributed by atoms with Gasteiger partial charge in [-0.15, -0.1) is 0 Å². The monoisotopic (exact) mass is 253 g/mol. The molecule has 4 nitrogen and oxygen atoms in total. The number of aromatic nitrogens is 3. The Labute approximate surface area is 111 Å². The number of hydrogen-bond donors (Lipinski definition) is 1. The molecule has 0 spiro atoms. The molecule has 4 heteroatoms. The molecule has 0 amide bonds. The molecule has 0 aliphatic heterocycles. The first-order chi connectivity index (χ1) is 9.19. The minimum Gasteiger partial charge on any atom is -0.390 e. The summed E-state index contributed by atoms with van der Waals surface area (Å²) in [5.41, 5.74) is 5.83. The molecule has 0 atom stereocenters. The standard InChI is InChI=1S/C15H15N3O/c1-10-3-4-11(2)13(7-10)14-5-6-15-16-8-12(9-19)18(15)17-14/h3-8,19H,9H2,1-2H3. The van der Waals surface area contributed by atoms with Crippen LogP contribution in [0, 0.1) is 13.8 Å². The average molecular weight is 253 g/mol. The number of fused-ring (bicyclic) bond motifs is 1. The molecule has 1 aromatic carbocycles. The Balaban J connectivity index is 2.22. The Bertz CT molecular complexity index is 746. The minimum absolute atomic E-state index is 0.0651. The van der Waals surface area contributed by atoms with E-state index in [1.165, 1.54) is 11.1 Å². The quantitative estimate of drug-likeness (QED) is 0.763. The van der Waals surface area contributed by atoms with Crippen molar-refractivity contribution in [1.82, 2.24) is 14.6 Å². The van der Waals surface area contributed by atoms with Crippen LogP contribution < -0.4 is 0 Å². The molecule has 1 N–H and O–H groups in total. The maximum atomic E-state index is 9.28. The molecule has 0 aliphatic rings. The van der Waals surface area contributed by atoms with Gasteiger partial charge in [-0.1, -0.05) is 17.7 Å². The maximum Gasteiger partial charge on any atom is 0.153 e. The Kier molecular flexibility index (Phi) is 2.80. The summed E-state index contributed by atoms with van der Waals surface area (Å²) in [6.45, 7) is 4.07. The first-order valence-electron chi connectivity index (χ1n) is 6.21. The Hall–Kier alpha value is -2.20. The second kappa shape index (κ2) is 4.48. The molecular weight excluding hydrogens is 238 g/mol. The van der Waals surface area contributed by atoms with Crippen LogP contribution >= 0.6 is 0 Å². The van der Waals surface area contributed by atoms with Gasteiger partial charge in [0.1, 0.15) is 0 Å². The van der Waals surface area contributed by atoms with E-state index in [9.17, 15) is 5.11 Å². The molecule has 19 heavy (non-hydrogen) atoms. The summed E-state index contributed by atoms with van der Waals surface area (Å²) in [5, 5.41) is 13.9. The fourth-order valence-corrected chi connectivity index (χ4v) is 2.18. The lowest BCUT2D eigenvalue weighted by Gasteiger charge is -2.07. The van der Waals surface area contributed by atoms with E-state index in [-0.39, 0.29) is 6.61 Å². The van der Waals surface area contributed by atoms with Gasteiger partial charge in [-0.3, -0.25) is 0 Å². The minimum atomic E-state index is -0.0651. The van der Waals surface area contributed by atoms with Gasteiger partial charge in [0.25, 0.3) is 0 Å². The Morgan fingerprint density at radius 1 is 1.16 bits per heavy atom. The van der Waals surface area contributed by atoms with Crippen molar-refractivity contribution in [3.63, 3.8) is 0 Å². The lowest BCUT2D eigenvalue weighted by atomic mass is 10.0. The lowest BCUT2D eigenvalue weighted by molar-refractivity contribution is 0.274. The lowest BCUT2D eigenvalue weighted by Crippen LogP contribution is -2.00. The number of nitrogens with zero attached hydrogens (tertiary/aromatic N) is 3. The molecule has 2 aromatic heterocycles. The first-order valence-corrected chi connectivity index (χ1v) is 6.21. The average Bonchev–Trinajstić information content (AvgIpc) is 2.83. The van der Waals surface area contributed by atoms with Crippen molar-refractivity contribution in [3.05, 3.63) is 53.3 Å². The van der Waals surface area contributed by atoms with Gasteiger partial charge in [0.05, 0.1) is 24.2 Å². The molecule has 0 bridgehead atoms. The third-order valence-electron chi connectivity index (χ3n) is 3.26. The summed E-state index contributed by atoms with van der Waals surface area (Å²) in [5.74, 6) is 0. The van der Waals surface area contributed by atoms with Gasteiger partial charge < -0.3 is 5.11 Å². The third kappa shape index (κ3) is 2.00. The Morgan fingerprint density at radius 3 is 2.79 bits per heavy atom. The van der Waals surface area contributed by atoms with E-state index >= 15 is 0 Å². The van der Waals surface area contributed by atoms with Gasteiger partial charge in [0.2, 0.25) is 0 Å². The highest BCUT2D eigenvalue weighted by Crippen LogP contribution is 2.23. The van der Waals surface area contributed by atoms with Gasteiger partial charge >= 0.3 is 0 Å². The van der Waals surface area contributed by atoms with Crippen molar-refractivity contribution < 1.29 is 5.11 Å². The molecule has 3 aromatic rings. The number of rotatable bonds is 2. The van der Waals surface area contributed by atoms with Gasteiger partial charge in [-0.05, 0) is 37.6 Å². The first kappa shape index (κ1) is 11.9. The zero-order valence-electron chi connectivity index (χ0n) is 11.0. The van der Waals surface area contributed by atoms with Crippen LogP contribution in [0.5, 0.6) is 0 Å². The number of aliphatic hydroxyl groups excluding tert-OH is 1. The van der Waals surface area contributed by atoms with Crippen molar-refractivity contribution in [1.29, 1.82) is 0 Å². The van der Waals surface area contributed by atoms with Crippen LogP contribution in [0.4, 0.5) is 0 Å². The van der Waals surface area contributed by atoms with E-state index in [0.29, 0.717) is 5.69 Å².